The van der Waals surface area contributed by atoms with Gasteiger partial charge in [-0.15, -0.1) is 0 Å². The molecule has 1 aromatic heterocycles. The molecule has 0 bridgehead atoms. The predicted molar refractivity (Wildman–Crippen MR) is 110 cm³/mol. The zero-order valence-corrected chi connectivity index (χ0v) is 17.6. The number of nitrogens with zero attached hydrogens (tertiary/aromatic N) is 1. The lowest BCUT2D eigenvalue weighted by Crippen LogP contribution is -2.31. The number of methoxy groups -OCH3 is 1. The van der Waals surface area contributed by atoms with E-state index in [1.54, 1.807) is 27.2 Å². The van der Waals surface area contributed by atoms with E-state index in [0.717, 1.165) is 11.5 Å². The molecule has 1 heterocycles. The molecule has 2 rings (SSSR count). The molecule has 0 aliphatic carbocycles. The van der Waals surface area contributed by atoms with E-state index < -0.39 is 12.1 Å². The number of hydrogen-bond acceptors (Lipinski definition) is 6. The van der Waals surface area contributed by atoms with Gasteiger partial charge in [0, 0.05) is 12.3 Å². The number of esters is 1. The standard InChI is InChI=1S/C22H29NO6/c1-6-15(2)28-22(25)17(4)29-21-16(3)23(12-11-20(21)24)13-14-27-19-9-7-18(26-5)8-10-19/h7-12,15,17H,6,13-14H2,1-5H3. The van der Waals surface area contributed by atoms with Crippen molar-refractivity contribution in [3.8, 4) is 17.2 Å². The summed E-state index contributed by atoms with van der Waals surface area (Å²) in [6.07, 6.45) is 1.33. The summed E-state index contributed by atoms with van der Waals surface area (Å²) in [6.45, 7) is 8.01. The van der Waals surface area contributed by atoms with Gasteiger partial charge in [0.2, 0.25) is 5.43 Å². The van der Waals surface area contributed by atoms with Crippen LogP contribution >= 0.6 is 0 Å². The SMILES string of the molecule is CCC(C)OC(=O)C(C)Oc1c(C)n(CCOc2ccc(OC)cc2)ccc1=O. The maximum Gasteiger partial charge on any atom is 0.347 e. The second-order valence-electron chi connectivity index (χ2n) is 6.73. The maximum absolute atomic E-state index is 12.3. The number of aromatic nitrogens is 1. The molecule has 2 aromatic rings. The first-order valence-electron chi connectivity index (χ1n) is 9.69. The Kier molecular flexibility index (Phi) is 8.12. The fourth-order valence-electron chi connectivity index (χ4n) is 2.58. The second-order valence-corrected chi connectivity index (χ2v) is 6.73. The van der Waals surface area contributed by atoms with Gasteiger partial charge in [-0.3, -0.25) is 4.79 Å². The molecule has 1 aromatic carbocycles. The van der Waals surface area contributed by atoms with Crippen LogP contribution in [0.25, 0.3) is 0 Å². The highest BCUT2D eigenvalue weighted by Gasteiger charge is 2.21. The number of rotatable bonds is 10. The Hall–Kier alpha value is -2.96. The molecule has 2 unspecified atom stereocenters. The first-order valence-corrected chi connectivity index (χ1v) is 9.69. The minimum Gasteiger partial charge on any atom is -0.497 e. The molecule has 0 N–H and O–H groups in total. The van der Waals surface area contributed by atoms with Crippen molar-refractivity contribution >= 4 is 5.97 Å². The molecule has 0 spiro atoms. The smallest absolute Gasteiger partial charge is 0.347 e. The van der Waals surface area contributed by atoms with Gasteiger partial charge in [0.05, 0.1) is 25.5 Å². The van der Waals surface area contributed by atoms with Gasteiger partial charge in [0.25, 0.3) is 0 Å². The minimum absolute atomic E-state index is 0.144. The van der Waals surface area contributed by atoms with E-state index in [4.69, 9.17) is 18.9 Å². The van der Waals surface area contributed by atoms with Crippen LogP contribution in [-0.2, 0) is 16.1 Å². The van der Waals surface area contributed by atoms with Gasteiger partial charge in [0.15, 0.2) is 11.9 Å². The molecule has 2 atom stereocenters. The lowest BCUT2D eigenvalue weighted by molar-refractivity contribution is -0.155. The molecular weight excluding hydrogens is 374 g/mol. The van der Waals surface area contributed by atoms with Gasteiger partial charge in [-0.25, -0.2) is 4.79 Å². The van der Waals surface area contributed by atoms with Gasteiger partial charge in [-0.1, -0.05) is 6.92 Å². The number of carbonyl (C=O) groups is 1. The fourth-order valence-corrected chi connectivity index (χ4v) is 2.58. The van der Waals surface area contributed by atoms with Crippen LogP contribution in [0.3, 0.4) is 0 Å². The summed E-state index contributed by atoms with van der Waals surface area (Å²) in [5.74, 6) is 1.14. The predicted octanol–water partition coefficient (Wildman–Crippen LogP) is 3.35. The molecule has 0 aliphatic rings. The highest BCUT2D eigenvalue weighted by Crippen LogP contribution is 2.18. The van der Waals surface area contributed by atoms with E-state index in [9.17, 15) is 9.59 Å². The molecule has 0 radical (unpaired) electrons. The van der Waals surface area contributed by atoms with E-state index in [-0.39, 0.29) is 17.3 Å². The van der Waals surface area contributed by atoms with Crippen LogP contribution in [-0.4, -0.2) is 36.5 Å². The Morgan fingerprint density at radius 2 is 1.76 bits per heavy atom. The maximum atomic E-state index is 12.3. The number of hydrogen-bond donors (Lipinski definition) is 0. The summed E-state index contributed by atoms with van der Waals surface area (Å²) >= 11 is 0. The fraction of sp³-hybridized carbons (Fsp3) is 0.455. The van der Waals surface area contributed by atoms with Crippen molar-refractivity contribution in [1.82, 2.24) is 4.57 Å². The molecular formula is C22H29NO6. The molecule has 0 fully saturated rings. The average molecular weight is 403 g/mol. The molecule has 0 saturated carbocycles. The van der Waals surface area contributed by atoms with Gasteiger partial charge in [-0.2, -0.15) is 0 Å². The van der Waals surface area contributed by atoms with Crippen molar-refractivity contribution in [3.63, 3.8) is 0 Å². The molecule has 7 heteroatoms. The first kappa shape index (κ1) is 22.3. The van der Waals surface area contributed by atoms with Crippen molar-refractivity contribution in [2.75, 3.05) is 13.7 Å². The monoisotopic (exact) mass is 403 g/mol. The van der Waals surface area contributed by atoms with Crippen LogP contribution in [0, 0.1) is 6.92 Å². The first-order chi connectivity index (χ1) is 13.8. The Morgan fingerprint density at radius 3 is 2.38 bits per heavy atom. The van der Waals surface area contributed by atoms with Crippen LogP contribution in [0.2, 0.25) is 0 Å². The van der Waals surface area contributed by atoms with Crippen molar-refractivity contribution in [3.05, 3.63) is 52.4 Å². The lowest BCUT2D eigenvalue weighted by atomic mass is 10.3. The Balaban J connectivity index is 2.01. The van der Waals surface area contributed by atoms with E-state index in [0.29, 0.717) is 25.3 Å². The van der Waals surface area contributed by atoms with Crippen LogP contribution in [0.4, 0.5) is 0 Å². The van der Waals surface area contributed by atoms with Gasteiger partial charge < -0.3 is 23.5 Å². The number of carbonyl (C=O) groups excluding carboxylic acids is 1. The number of pyridine rings is 1. The zero-order valence-electron chi connectivity index (χ0n) is 17.6. The highest BCUT2D eigenvalue weighted by molar-refractivity contribution is 5.74. The van der Waals surface area contributed by atoms with E-state index in [1.165, 1.54) is 6.07 Å². The Morgan fingerprint density at radius 1 is 1.10 bits per heavy atom. The highest BCUT2D eigenvalue weighted by atomic mass is 16.6. The van der Waals surface area contributed by atoms with Gasteiger partial charge in [-0.05, 0) is 51.5 Å². The van der Waals surface area contributed by atoms with E-state index >= 15 is 0 Å². The van der Waals surface area contributed by atoms with Crippen molar-refractivity contribution < 1.29 is 23.7 Å². The normalized spacial score (nSPS) is 12.7. The third kappa shape index (κ3) is 6.27. The van der Waals surface area contributed by atoms with E-state index in [1.807, 2.05) is 42.7 Å². The Labute approximate surface area is 171 Å². The number of benzene rings is 1. The Bertz CT molecular complexity index is 859. The second kappa shape index (κ2) is 10.5. The third-order valence-corrected chi connectivity index (χ3v) is 4.57. The van der Waals surface area contributed by atoms with Crippen molar-refractivity contribution in [2.45, 2.75) is 52.9 Å². The zero-order chi connectivity index (χ0) is 21.4. The molecule has 158 valence electrons. The summed E-state index contributed by atoms with van der Waals surface area (Å²) < 4.78 is 23.6. The van der Waals surface area contributed by atoms with Gasteiger partial charge >= 0.3 is 5.97 Å². The summed E-state index contributed by atoms with van der Waals surface area (Å²) in [4.78, 5) is 24.4. The van der Waals surface area contributed by atoms with Crippen LogP contribution in [0.1, 0.15) is 32.9 Å². The molecule has 29 heavy (non-hydrogen) atoms. The quantitative estimate of drug-likeness (QED) is 0.566. The summed E-state index contributed by atoms with van der Waals surface area (Å²) in [6, 6.07) is 8.73. The van der Waals surface area contributed by atoms with Crippen LogP contribution < -0.4 is 19.6 Å². The van der Waals surface area contributed by atoms with Gasteiger partial charge in [0.1, 0.15) is 18.1 Å². The largest absolute Gasteiger partial charge is 0.497 e. The van der Waals surface area contributed by atoms with Crippen molar-refractivity contribution in [2.24, 2.45) is 0 Å². The van der Waals surface area contributed by atoms with Crippen molar-refractivity contribution in [1.29, 1.82) is 0 Å². The lowest BCUT2D eigenvalue weighted by Gasteiger charge is -2.19. The molecule has 0 amide bonds. The minimum atomic E-state index is -0.873. The summed E-state index contributed by atoms with van der Waals surface area (Å²) in [7, 11) is 1.61. The molecule has 0 saturated heterocycles. The average Bonchev–Trinajstić information content (AvgIpc) is 2.72. The summed E-state index contributed by atoms with van der Waals surface area (Å²) in [5.41, 5.74) is 0.344. The third-order valence-electron chi connectivity index (χ3n) is 4.57. The number of ether oxygens (including phenoxy) is 4. The van der Waals surface area contributed by atoms with Crippen LogP contribution in [0.15, 0.2) is 41.3 Å². The van der Waals surface area contributed by atoms with E-state index in [2.05, 4.69) is 0 Å². The molecule has 7 nitrogen and oxygen atoms in total. The topological polar surface area (TPSA) is 76.0 Å². The molecule has 0 aliphatic heterocycles. The summed E-state index contributed by atoms with van der Waals surface area (Å²) in [5, 5.41) is 0. The van der Waals surface area contributed by atoms with Crippen LogP contribution in [0.5, 0.6) is 17.2 Å².